The van der Waals surface area contributed by atoms with Crippen molar-refractivity contribution in [3.05, 3.63) is 33.9 Å². The molecule has 7 atom stereocenters. The SMILES string of the molecule is CN(C)[C@H]1C(O)C(C(N)=O)C(=O)[C@]2(O)C(=O)C3C(=O)c4c(O)ccc(/C=C(\Cl)CO)c4C[C@@H]3C[C@H]12. The van der Waals surface area contributed by atoms with E-state index in [1.54, 1.807) is 14.1 Å². The summed E-state index contributed by atoms with van der Waals surface area (Å²) in [5.74, 6) is -9.56. The van der Waals surface area contributed by atoms with Crippen LogP contribution >= 0.6 is 11.6 Å². The van der Waals surface area contributed by atoms with Crippen molar-refractivity contribution in [2.45, 2.75) is 30.6 Å². The second-order valence-corrected chi connectivity index (χ2v) is 10.2. The molecule has 0 spiro atoms. The van der Waals surface area contributed by atoms with Crippen molar-refractivity contribution in [1.29, 1.82) is 0 Å². The van der Waals surface area contributed by atoms with Gasteiger partial charge in [-0.2, -0.15) is 0 Å². The second kappa shape index (κ2) is 8.79. The third-order valence-corrected chi connectivity index (χ3v) is 7.90. The standard InChI is InChI=1S/C24H27ClN2O8/c1-27(2)18-13-7-10-6-12-9(5-11(25)8-28)3-4-14(29)16(12)19(30)15(10)21(32)24(13,35)22(33)17(20(18)31)23(26)34/h3-5,10,13,15,17-18,20,28-29,31,35H,6-8H2,1-2H3,(H2,26,34)/b11-5-/t10-,13-,15?,17?,18-,20?,24-/m1/s1. The summed E-state index contributed by atoms with van der Waals surface area (Å²) in [6, 6.07) is 1.83. The van der Waals surface area contributed by atoms with E-state index < -0.39 is 71.3 Å². The number of phenolic OH excluding ortho intramolecular Hbond substituents is 1. The normalized spacial score (nSPS) is 34.9. The Balaban J connectivity index is 1.87. The molecule has 0 radical (unpaired) electrons. The Morgan fingerprint density at radius 2 is 1.91 bits per heavy atom. The lowest BCUT2D eigenvalue weighted by Crippen LogP contribution is -2.75. The maximum Gasteiger partial charge on any atom is 0.230 e. The minimum atomic E-state index is -2.70. The molecular weight excluding hydrogens is 480 g/mol. The molecule has 3 aliphatic rings. The maximum absolute atomic E-state index is 13.7. The topological polar surface area (TPSA) is 178 Å². The zero-order chi connectivity index (χ0) is 26.0. The summed E-state index contributed by atoms with van der Waals surface area (Å²) < 4.78 is 0. The van der Waals surface area contributed by atoms with E-state index in [4.69, 9.17) is 17.3 Å². The summed E-state index contributed by atoms with van der Waals surface area (Å²) in [7, 11) is 3.16. The third kappa shape index (κ3) is 3.63. The first-order valence-electron chi connectivity index (χ1n) is 11.2. The number of halogens is 1. The van der Waals surface area contributed by atoms with Gasteiger partial charge in [-0.3, -0.25) is 19.2 Å². The van der Waals surface area contributed by atoms with Gasteiger partial charge in [-0.25, -0.2) is 0 Å². The first-order valence-corrected chi connectivity index (χ1v) is 11.5. The van der Waals surface area contributed by atoms with Crippen LogP contribution in [0, 0.1) is 23.7 Å². The molecule has 11 heteroatoms. The lowest BCUT2D eigenvalue weighted by Gasteiger charge is -2.54. The van der Waals surface area contributed by atoms with Gasteiger partial charge in [0.2, 0.25) is 5.91 Å². The number of primary amides is 1. The molecule has 1 aromatic carbocycles. The highest BCUT2D eigenvalue weighted by atomic mass is 35.5. The molecule has 35 heavy (non-hydrogen) atoms. The van der Waals surface area contributed by atoms with Gasteiger partial charge in [0.15, 0.2) is 23.0 Å². The molecule has 0 aliphatic heterocycles. The van der Waals surface area contributed by atoms with E-state index in [1.807, 2.05) is 0 Å². The molecule has 188 valence electrons. The molecular formula is C24H27ClN2O8. The van der Waals surface area contributed by atoms with Crippen molar-refractivity contribution in [2.75, 3.05) is 20.7 Å². The van der Waals surface area contributed by atoms with E-state index in [0.29, 0.717) is 11.1 Å². The van der Waals surface area contributed by atoms with Gasteiger partial charge in [0.1, 0.15) is 11.7 Å². The Morgan fingerprint density at radius 3 is 2.49 bits per heavy atom. The van der Waals surface area contributed by atoms with Crippen LogP contribution in [0.4, 0.5) is 0 Å². The lowest BCUT2D eigenvalue weighted by molar-refractivity contribution is -0.190. The highest BCUT2D eigenvalue weighted by molar-refractivity contribution is 6.31. The van der Waals surface area contributed by atoms with E-state index in [-0.39, 0.29) is 29.2 Å². The number of amides is 1. The fraction of sp³-hybridized carbons (Fsp3) is 0.500. The average Bonchev–Trinajstić information content (AvgIpc) is 2.77. The van der Waals surface area contributed by atoms with Gasteiger partial charge in [0.05, 0.1) is 24.2 Å². The Morgan fingerprint density at radius 1 is 1.26 bits per heavy atom. The summed E-state index contributed by atoms with van der Waals surface area (Å²) in [6.07, 6.45) is 0.0652. The molecule has 1 aromatic rings. The summed E-state index contributed by atoms with van der Waals surface area (Å²) in [6.45, 7) is -0.434. The number of hydrogen-bond donors (Lipinski definition) is 5. The Labute approximate surface area is 206 Å². The van der Waals surface area contributed by atoms with Crippen molar-refractivity contribution in [1.82, 2.24) is 4.90 Å². The zero-order valence-corrected chi connectivity index (χ0v) is 19.9. The number of nitrogens with zero attached hydrogens (tertiary/aromatic N) is 1. The quantitative estimate of drug-likeness (QED) is 0.328. The summed E-state index contributed by atoms with van der Waals surface area (Å²) >= 11 is 5.98. The van der Waals surface area contributed by atoms with Crippen molar-refractivity contribution >= 4 is 40.9 Å². The number of benzene rings is 1. The van der Waals surface area contributed by atoms with Crippen LogP contribution in [0.2, 0.25) is 0 Å². The number of aliphatic hydroxyl groups is 3. The molecule has 6 N–H and O–H groups in total. The minimum absolute atomic E-state index is 0.0156. The predicted octanol–water partition coefficient (Wildman–Crippen LogP) is -0.769. The maximum atomic E-state index is 13.7. The van der Waals surface area contributed by atoms with E-state index in [9.17, 15) is 39.6 Å². The molecule has 0 aromatic heterocycles. The van der Waals surface area contributed by atoms with Gasteiger partial charge in [-0.1, -0.05) is 17.7 Å². The summed E-state index contributed by atoms with van der Waals surface area (Å²) in [5.41, 5.74) is 3.45. The van der Waals surface area contributed by atoms with E-state index in [1.165, 1.54) is 23.1 Å². The number of phenols is 1. The molecule has 0 saturated heterocycles. The molecule has 1 amide bonds. The van der Waals surface area contributed by atoms with Crippen molar-refractivity contribution < 1.29 is 39.6 Å². The lowest BCUT2D eigenvalue weighted by atomic mass is 9.52. The van der Waals surface area contributed by atoms with E-state index in [0.717, 1.165) is 0 Å². The molecule has 0 bridgehead atoms. The number of carbonyl (C=O) groups is 4. The van der Waals surface area contributed by atoms with Crippen LogP contribution in [0.15, 0.2) is 17.2 Å². The Bertz CT molecular complexity index is 1160. The van der Waals surface area contributed by atoms with Crippen molar-refractivity contribution in [3.63, 3.8) is 0 Å². The van der Waals surface area contributed by atoms with Gasteiger partial charge in [-0.05, 0) is 56.1 Å². The highest BCUT2D eigenvalue weighted by Gasteiger charge is 2.69. The Kier molecular flexibility index (Phi) is 6.40. The molecule has 4 rings (SSSR count). The average molecular weight is 507 g/mol. The minimum Gasteiger partial charge on any atom is -0.507 e. The van der Waals surface area contributed by atoms with Crippen LogP contribution in [-0.2, 0) is 20.8 Å². The number of Topliss-reactive ketones (excluding diaryl/α,β-unsaturated/α-hetero) is 3. The number of aliphatic hydroxyl groups excluding tert-OH is 2. The van der Waals surface area contributed by atoms with E-state index >= 15 is 0 Å². The van der Waals surface area contributed by atoms with Crippen LogP contribution in [0.3, 0.4) is 0 Å². The van der Waals surface area contributed by atoms with Crippen LogP contribution in [0.5, 0.6) is 5.75 Å². The zero-order valence-electron chi connectivity index (χ0n) is 19.1. The molecule has 10 nitrogen and oxygen atoms in total. The fourth-order valence-electron chi connectivity index (χ4n) is 6.20. The van der Waals surface area contributed by atoms with Crippen molar-refractivity contribution in [3.8, 4) is 5.75 Å². The fourth-order valence-corrected chi connectivity index (χ4v) is 6.31. The van der Waals surface area contributed by atoms with Crippen LogP contribution in [0.25, 0.3) is 6.08 Å². The monoisotopic (exact) mass is 506 g/mol. The highest BCUT2D eigenvalue weighted by Crippen LogP contribution is 2.51. The first-order chi connectivity index (χ1) is 16.4. The first kappa shape index (κ1) is 25.5. The number of carbonyl (C=O) groups excluding carboxylic acids is 4. The number of ketones is 3. The van der Waals surface area contributed by atoms with E-state index in [2.05, 4.69) is 0 Å². The molecule has 2 fully saturated rings. The molecule has 0 heterocycles. The smallest absolute Gasteiger partial charge is 0.230 e. The number of hydrogen-bond acceptors (Lipinski definition) is 9. The number of likely N-dealkylation sites (N-methyl/N-ethyl adjacent to an activating group) is 1. The summed E-state index contributed by atoms with van der Waals surface area (Å²) in [5, 5.41) is 42.3. The number of aromatic hydroxyl groups is 1. The largest absolute Gasteiger partial charge is 0.507 e. The van der Waals surface area contributed by atoms with Crippen LogP contribution in [0.1, 0.15) is 27.9 Å². The molecule has 3 unspecified atom stereocenters. The van der Waals surface area contributed by atoms with Crippen LogP contribution in [-0.4, -0.2) is 87.0 Å². The van der Waals surface area contributed by atoms with Crippen LogP contribution < -0.4 is 5.73 Å². The van der Waals surface area contributed by atoms with Crippen molar-refractivity contribution in [2.24, 2.45) is 29.4 Å². The number of fused-ring (bicyclic) bond motifs is 3. The van der Waals surface area contributed by atoms with Gasteiger partial charge < -0.3 is 31.1 Å². The third-order valence-electron chi connectivity index (χ3n) is 7.67. The second-order valence-electron chi connectivity index (χ2n) is 9.74. The number of rotatable bonds is 4. The van der Waals surface area contributed by atoms with Gasteiger partial charge >= 0.3 is 0 Å². The van der Waals surface area contributed by atoms with Gasteiger partial charge in [0, 0.05) is 17.0 Å². The molecule has 3 aliphatic carbocycles. The predicted molar refractivity (Wildman–Crippen MR) is 123 cm³/mol. The molecule has 2 saturated carbocycles. The summed E-state index contributed by atoms with van der Waals surface area (Å²) in [4.78, 5) is 54.1. The Hall–Kier alpha value is -2.63. The van der Waals surface area contributed by atoms with Gasteiger partial charge in [0.25, 0.3) is 0 Å². The van der Waals surface area contributed by atoms with Gasteiger partial charge in [-0.15, -0.1) is 0 Å². The number of nitrogens with two attached hydrogens (primary N) is 1.